The normalized spacial score (nSPS) is 12.7. The van der Waals surface area contributed by atoms with E-state index in [4.69, 9.17) is 10.8 Å². The van der Waals surface area contributed by atoms with E-state index in [2.05, 4.69) is 5.32 Å². The Labute approximate surface area is 123 Å². The predicted molar refractivity (Wildman–Crippen MR) is 71.4 cm³/mol. The van der Waals surface area contributed by atoms with E-state index in [0.717, 1.165) is 12.1 Å². The number of nitrogens with one attached hydrogen (secondary N) is 1. The molecule has 0 aliphatic rings. The average molecular weight is 321 g/mol. The highest BCUT2D eigenvalue weighted by Gasteiger charge is 2.32. The molecule has 0 saturated heterocycles. The van der Waals surface area contributed by atoms with Crippen molar-refractivity contribution in [2.75, 3.05) is 11.9 Å². The van der Waals surface area contributed by atoms with Gasteiger partial charge in [-0.3, -0.25) is 14.9 Å². The first-order chi connectivity index (χ1) is 10.1. The Morgan fingerprint density at radius 1 is 1.45 bits per heavy atom. The van der Waals surface area contributed by atoms with Crippen molar-refractivity contribution >= 4 is 17.3 Å². The monoisotopic (exact) mass is 321 g/mol. The van der Waals surface area contributed by atoms with Gasteiger partial charge in [-0.15, -0.1) is 0 Å². The van der Waals surface area contributed by atoms with E-state index < -0.39 is 34.4 Å². The van der Waals surface area contributed by atoms with Crippen LogP contribution < -0.4 is 11.1 Å². The second-order valence-electron chi connectivity index (χ2n) is 4.50. The SMILES string of the molecule is N[C@H](CCCNc1ccc(C(F)(F)F)cc1[N+](=O)[O-])C(=O)O. The molecular weight excluding hydrogens is 307 g/mol. The molecule has 0 amide bonds. The molecule has 0 aromatic heterocycles. The van der Waals surface area contributed by atoms with Crippen molar-refractivity contribution in [2.24, 2.45) is 5.73 Å². The fourth-order valence-corrected chi connectivity index (χ4v) is 1.68. The van der Waals surface area contributed by atoms with Crippen molar-refractivity contribution in [1.82, 2.24) is 0 Å². The van der Waals surface area contributed by atoms with Crippen LogP contribution in [0.25, 0.3) is 0 Å². The lowest BCUT2D eigenvalue weighted by molar-refractivity contribution is -0.384. The maximum absolute atomic E-state index is 12.5. The molecule has 0 aliphatic heterocycles. The van der Waals surface area contributed by atoms with Crippen LogP contribution >= 0.6 is 0 Å². The molecule has 0 saturated carbocycles. The third-order valence-electron chi connectivity index (χ3n) is 2.85. The molecule has 1 aromatic rings. The summed E-state index contributed by atoms with van der Waals surface area (Å²) in [6.45, 7) is 0.146. The van der Waals surface area contributed by atoms with Gasteiger partial charge in [-0.05, 0) is 25.0 Å². The van der Waals surface area contributed by atoms with Gasteiger partial charge in [0.1, 0.15) is 11.7 Å². The van der Waals surface area contributed by atoms with E-state index in [1.165, 1.54) is 0 Å². The standard InChI is InChI=1S/C12H14F3N3O4/c13-12(14,15)7-3-4-9(10(6-7)18(21)22)17-5-1-2-8(16)11(19)20/h3-4,6,8,17H,1-2,5,16H2,(H,19,20)/t8-/m1/s1. The van der Waals surface area contributed by atoms with Crippen molar-refractivity contribution in [1.29, 1.82) is 0 Å². The number of nitro groups is 1. The topological polar surface area (TPSA) is 118 Å². The summed E-state index contributed by atoms with van der Waals surface area (Å²) in [7, 11) is 0. The molecule has 0 heterocycles. The number of benzene rings is 1. The first-order valence-electron chi connectivity index (χ1n) is 6.21. The first kappa shape index (κ1) is 17.7. The number of hydrogen-bond acceptors (Lipinski definition) is 5. The van der Waals surface area contributed by atoms with Crippen LogP contribution in [-0.2, 0) is 11.0 Å². The minimum absolute atomic E-state index is 0.0677. The Hall–Kier alpha value is -2.36. The Morgan fingerprint density at radius 2 is 2.09 bits per heavy atom. The molecule has 0 radical (unpaired) electrons. The van der Waals surface area contributed by atoms with E-state index in [-0.39, 0.29) is 18.7 Å². The summed E-state index contributed by atoms with van der Waals surface area (Å²) in [5.41, 5.74) is 3.40. The molecule has 0 aliphatic carbocycles. The van der Waals surface area contributed by atoms with Crippen LogP contribution in [0.1, 0.15) is 18.4 Å². The van der Waals surface area contributed by atoms with E-state index in [0.29, 0.717) is 12.5 Å². The van der Waals surface area contributed by atoms with Gasteiger partial charge in [0.25, 0.3) is 5.69 Å². The van der Waals surface area contributed by atoms with Gasteiger partial charge in [0.05, 0.1) is 10.5 Å². The molecule has 10 heteroatoms. The Bertz CT molecular complexity index is 563. The van der Waals surface area contributed by atoms with Gasteiger partial charge in [-0.2, -0.15) is 13.2 Å². The number of nitro benzene ring substituents is 1. The minimum Gasteiger partial charge on any atom is -0.480 e. The van der Waals surface area contributed by atoms with Gasteiger partial charge < -0.3 is 16.2 Å². The van der Waals surface area contributed by atoms with Crippen LogP contribution in [0.15, 0.2) is 18.2 Å². The van der Waals surface area contributed by atoms with E-state index in [1.54, 1.807) is 0 Å². The number of nitrogens with two attached hydrogens (primary N) is 1. The van der Waals surface area contributed by atoms with Gasteiger partial charge in [0, 0.05) is 12.6 Å². The van der Waals surface area contributed by atoms with Crippen LogP contribution in [0.4, 0.5) is 24.5 Å². The largest absolute Gasteiger partial charge is 0.480 e. The summed E-state index contributed by atoms with van der Waals surface area (Å²) in [6, 6.07) is 1.10. The molecule has 1 aromatic carbocycles. The lowest BCUT2D eigenvalue weighted by Gasteiger charge is -2.11. The average Bonchev–Trinajstić information content (AvgIpc) is 2.41. The molecule has 122 valence electrons. The molecule has 0 bridgehead atoms. The summed E-state index contributed by atoms with van der Waals surface area (Å²) >= 11 is 0. The van der Waals surface area contributed by atoms with Crippen LogP contribution in [0.3, 0.4) is 0 Å². The van der Waals surface area contributed by atoms with E-state index >= 15 is 0 Å². The van der Waals surface area contributed by atoms with Gasteiger partial charge in [0.2, 0.25) is 0 Å². The summed E-state index contributed by atoms with van der Waals surface area (Å²) < 4.78 is 37.6. The van der Waals surface area contributed by atoms with Crippen molar-refractivity contribution in [2.45, 2.75) is 25.1 Å². The van der Waals surface area contributed by atoms with Crippen LogP contribution in [0.2, 0.25) is 0 Å². The Kier molecular flexibility index (Phi) is 5.69. The first-order valence-corrected chi connectivity index (χ1v) is 6.21. The molecule has 22 heavy (non-hydrogen) atoms. The lowest BCUT2D eigenvalue weighted by atomic mass is 10.1. The highest BCUT2D eigenvalue weighted by atomic mass is 19.4. The van der Waals surface area contributed by atoms with Gasteiger partial charge in [-0.1, -0.05) is 0 Å². The third kappa shape index (κ3) is 4.88. The van der Waals surface area contributed by atoms with Gasteiger partial charge >= 0.3 is 12.1 Å². The van der Waals surface area contributed by atoms with Gasteiger partial charge in [-0.25, -0.2) is 0 Å². The zero-order chi connectivity index (χ0) is 16.9. The molecule has 4 N–H and O–H groups in total. The van der Waals surface area contributed by atoms with E-state index in [1.807, 2.05) is 0 Å². The highest BCUT2D eigenvalue weighted by molar-refractivity contribution is 5.73. The van der Waals surface area contributed by atoms with Crippen LogP contribution in [0, 0.1) is 10.1 Å². The van der Waals surface area contributed by atoms with Crippen molar-refractivity contribution < 1.29 is 28.0 Å². The van der Waals surface area contributed by atoms with Crippen molar-refractivity contribution in [3.05, 3.63) is 33.9 Å². The second-order valence-corrected chi connectivity index (χ2v) is 4.50. The number of rotatable bonds is 7. The number of nitrogens with zero attached hydrogens (tertiary/aromatic N) is 1. The Morgan fingerprint density at radius 3 is 2.59 bits per heavy atom. The van der Waals surface area contributed by atoms with Gasteiger partial charge in [0.15, 0.2) is 0 Å². The lowest BCUT2D eigenvalue weighted by Crippen LogP contribution is -2.30. The molecular formula is C12H14F3N3O4. The van der Waals surface area contributed by atoms with Crippen molar-refractivity contribution in [3.63, 3.8) is 0 Å². The zero-order valence-corrected chi connectivity index (χ0v) is 11.3. The number of alkyl halides is 3. The number of hydrogen-bond donors (Lipinski definition) is 3. The quantitative estimate of drug-likeness (QED) is 0.402. The summed E-state index contributed by atoms with van der Waals surface area (Å²) in [5, 5.41) is 22.0. The number of carboxylic acids is 1. The maximum atomic E-state index is 12.5. The molecule has 1 rings (SSSR count). The summed E-state index contributed by atoms with van der Waals surface area (Å²) in [4.78, 5) is 20.4. The van der Waals surface area contributed by atoms with Crippen molar-refractivity contribution in [3.8, 4) is 0 Å². The third-order valence-corrected chi connectivity index (χ3v) is 2.85. The molecule has 7 nitrogen and oxygen atoms in total. The van der Waals surface area contributed by atoms with Crippen LogP contribution in [-0.4, -0.2) is 28.6 Å². The second kappa shape index (κ2) is 7.07. The number of halogens is 3. The number of carbonyl (C=O) groups is 1. The summed E-state index contributed by atoms with van der Waals surface area (Å²) in [6.07, 6.45) is -4.24. The fraction of sp³-hybridized carbons (Fsp3) is 0.417. The smallest absolute Gasteiger partial charge is 0.416 e. The number of carboxylic acid groups (broad SMARTS) is 1. The van der Waals surface area contributed by atoms with E-state index in [9.17, 15) is 28.1 Å². The number of anilines is 1. The molecule has 0 unspecified atom stereocenters. The highest BCUT2D eigenvalue weighted by Crippen LogP contribution is 2.34. The Balaban J connectivity index is 2.74. The summed E-state index contributed by atoms with van der Waals surface area (Å²) in [5.74, 6) is -1.17. The number of aliphatic carboxylic acids is 1. The molecule has 1 atom stereocenters. The predicted octanol–water partition coefficient (Wildman–Crippen LogP) is 2.22. The zero-order valence-electron chi connectivity index (χ0n) is 11.3. The molecule has 0 fully saturated rings. The maximum Gasteiger partial charge on any atom is 0.416 e. The fourth-order valence-electron chi connectivity index (χ4n) is 1.68. The minimum atomic E-state index is -4.67. The molecule has 0 spiro atoms. The van der Waals surface area contributed by atoms with Crippen LogP contribution in [0.5, 0.6) is 0 Å².